The van der Waals surface area contributed by atoms with Crippen molar-refractivity contribution in [3.05, 3.63) is 18.1 Å². The zero-order valence-electron chi connectivity index (χ0n) is 12.4. The first-order valence-electron chi connectivity index (χ1n) is 7.56. The van der Waals surface area contributed by atoms with Gasteiger partial charge in [0.2, 0.25) is 0 Å². The van der Waals surface area contributed by atoms with Gasteiger partial charge < -0.3 is 10.2 Å². The maximum atomic E-state index is 12.4. The highest BCUT2D eigenvalue weighted by molar-refractivity contribution is 5.92. The van der Waals surface area contributed by atoms with Gasteiger partial charge in [-0.1, -0.05) is 20.3 Å². The molecule has 1 aromatic rings. The summed E-state index contributed by atoms with van der Waals surface area (Å²) in [6, 6.07) is 1.76. The molecule has 0 bridgehead atoms. The minimum Gasteiger partial charge on any atom is -0.370 e. The summed E-state index contributed by atoms with van der Waals surface area (Å²) in [5, 5.41) is 3.23. The Bertz CT molecular complexity index is 449. The third-order valence-electron chi connectivity index (χ3n) is 3.67. The van der Waals surface area contributed by atoms with E-state index in [-0.39, 0.29) is 5.91 Å². The van der Waals surface area contributed by atoms with Crippen LogP contribution in [0, 0.1) is 5.92 Å². The quantitative estimate of drug-likeness (QED) is 0.840. The fourth-order valence-electron chi connectivity index (χ4n) is 2.50. The van der Waals surface area contributed by atoms with Crippen molar-refractivity contribution in [2.75, 3.05) is 25.0 Å². The molecule has 1 aromatic heterocycles. The lowest BCUT2D eigenvalue weighted by Gasteiger charge is -2.30. The van der Waals surface area contributed by atoms with Crippen LogP contribution in [0.3, 0.4) is 0 Å². The second kappa shape index (κ2) is 7.22. The van der Waals surface area contributed by atoms with Crippen molar-refractivity contribution >= 4 is 11.7 Å². The second-order valence-corrected chi connectivity index (χ2v) is 5.57. The molecule has 1 aliphatic rings. The van der Waals surface area contributed by atoms with Crippen LogP contribution in [-0.4, -0.2) is 40.4 Å². The minimum absolute atomic E-state index is 0.0255. The lowest BCUT2D eigenvalue weighted by molar-refractivity contribution is 0.0677. The van der Waals surface area contributed by atoms with E-state index in [1.54, 1.807) is 6.07 Å². The third kappa shape index (κ3) is 3.92. The highest BCUT2D eigenvalue weighted by Gasteiger charge is 2.23. The van der Waals surface area contributed by atoms with E-state index in [2.05, 4.69) is 29.1 Å². The van der Waals surface area contributed by atoms with Gasteiger partial charge in [0.1, 0.15) is 17.8 Å². The van der Waals surface area contributed by atoms with Crippen molar-refractivity contribution in [2.24, 2.45) is 5.92 Å². The molecule has 5 nitrogen and oxygen atoms in total. The predicted molar refractivity (Wildman–Crippen MR) is 79.7 cm³/mol. The van der Waals surface area contributed by atoms with Gasteiger partial charge in [0.05, 0.1) is 0 Å². The van der Waals surface area contributed by atoms with Gasteiger partial charge in [0.25, 0.3) is 5.91 Å². The fraction of sp³-hybridized carbons (Fsp3) is 0.667. The Hall–Kier alpha value is -1.65. The Kier molecular flexibility index (Phi) is 5.32. The van der Waals surface area contributed by atoms with Gasteiger partial charge in [-0.25, -0.2) is 9.97 Å². The molecule has 2 rings (SSSR count). The topological polar surface area (TPSA) is 58.1 Å². The van der Waals surface area contributed by atoms with E-state index < -0.39 is 0 Å². The molecule has 1 N–H and O–H groups in total. The zero-order chi connectivity index (χ0) is 14.4. The Morgan fingerprint density at radius 1 is 1.50 bits per heavy atom. The van der Waals surface area contributed by atoms with Crippen LogP contribution >= 0.6 is 0 Å². The fourth-order valence-corrected chi connectivity index (χ4v) is 2.50. The summed E-state index contributed by atoms with van der Waals surface area (Å²) in [6.45, 7) is 6.89. The maximum absolute atomic E-state index is 12.4. The van der Waals surface area contributed by atoms with Crippen molar-refractivity contribution < 1.29 is 4.79 Å². The predicted octanol–water partition coefficient (Wildman–Crippen LogP) is 2.56. The molecule has 1 atom stereocenters. The number of unbranched alkanes of at least 4 members (excludes halogenated alkanes) is 1. The Morgan fingerprint density at radius 3 is 3.10 bits per heavy atom. The SMILES string of the molecule is CCCCNc1cc(C(=O)N2CCCC(C)C2)ncn1. The molecule has 0 saturated carbocycles. The average Bonchev–Trinajstić information content (AvgIpc) is 2.47. The number of rotatable bonds is 5. The van der Waals surface area contributed by atoms with E-state index >= 15 is 0 Å². The molecular formula is C15H24N4O. The lowest BCUT2D eigenvalue weighted by Crippen LogP contribution is -2.39. The molecule has 1 amide bonds. The third-order valence-corrected chi connectivity index (χ3v) is 3.67. The van der Waals surface area contributed by atoms with Gasteiger partial charge in [-0.2, -0.15) is 0 Å². The Labute approximate surface area is 120 Å². The van der Waals surface area contributed by atoms with E-state index in [1.807, 2.05) is 4.90 Å². The highest BCUT2D eigenvalue weighted by Crippen LogP contribution is 2.17. The van der Waals surface area contributed by atoms with Gasteiger partial charge in [-0.15, -0.1) is 0 Å². The van der Waals surface area contributed by atoms with Crippen LogP contribution in [0.15, 0.2) is 12.4 Å². The number of likely N-dealkylation sites (tertiary alicyclic amines) is 1. The van der Waals surface area contributed by atoms with Gasteiger partial charge in [0.15, 0.2) is 0 Å². The highest BCUT2D eigenvalue weighted by atomic mass is 16.2. The average molecular weight is 276 g/mol. The zero-order valence-corrected chi connectivity index (χ0v) is 12.4. The van der Waals surface area contributed by atoms with Gasteiger partial charge in [0, 0.05) is 25.7 Å². The molecule has 0 aliphatic carbocycles. The van der Waals surface area contributed by atoms with Gasteiger partial charge in [-0.3, -0.25) is 4.79 Å². The van der Waals surface area contributed by atoms with Crippen LogP contribution in [0.25, 0.3) is 0 Å². The van der Waals surface area contributed by atoms with E-state index in [0.29, 0.717) is 11.6 Å². The number of hydrogen-bond acceptors (Lipinski definition) is 4. The number of amides is 1. The molecule has 2 heterocycles. The maximum Gasteiger partial charge on any atom is 0.272 e. The van der Waals surface area contributed by atoms with Crippen LogP contribution in [0.2, 0.25) is 0 Å². The number of anilines is 1. The molecule has 0 aromatic carbocycles. The summed E-state index contributed by atoms with van der Waals surface area (Å²) in [4.78, 5) is 22.6. The molecule has 1 saturated heterocycles. The number of carbonyl (C=O) groups is 1. The number of hydrogen-bond donors (Lipinski definition) is 1. The van der Waals surface area contributed by atoms with E-state index in [4.69, 9.17) is 0 Å². The van der Waals surface area contributed by atoms with Crippen LogP contribution in [0.1, 0.15) is 50.0 Å². The first-order chi connectivity index (χ1) is 9.70. The lowest BCUT2D eigenvalue weighted by atomic mass is 10.00. The van der Waals surface area contributed by atoms with E-state index in [0.717, 1.165) is 44.7 Å². The van der Waals surface area contributed by atoms with Crippen LogP contribution in [0.5, 0.6) is 0 Å². The number of aromatic nitrogens is 2. The summed E-state index contributed by atoms with van der Waals surface area (Å²) in [5.41, 5.74) is 0.494. The second-order valence-electron chi connectivity index (χ2n) is 5.57. The summed E-state index contributed by atoms with van der Waals surface area (Å²) >= 11 is 0. The molecule has 1 fully saturated rings. The smallest absolute Gasteiger partial charge is 0.272 e. The van der Waals surface area contributed by atoms with Crippen molar-refractivity contribution in [1.29, 1.82) is 0 Å². The Balaban J connectivity index is 2.00. The first-order valence-corrected chi connectivity index (χ1v) is 7.56. The van der Waals surface area contributed by atoms with Crippen LogP contribution in [0.4, 0.5) is 5.82 Å². The van der Waals surface area contributed by atoms with Crippen molar-refractivity contribution in [2.45, 2.75) is 39.5 Å². The summed E-state index contributed by atoms with van der Waals surface area (Å²) < 4.78 is 0. The summed E-state index contributed by atoms with van der Waals surface area (Å²) in [5.74, 6) is 1.34. The first kappa shape index (κ1) is 14.8. The normalized spacial score (nSPS) is 18.9. The van der Waals surface area contributed by atoms with Crippen LogP contribution in [-0.2, 0) is 0 Å². The monoisotopic (exact) mass is 276 g/mol. The van der Waals surface area contributed by atoms with Gasteiger partial charge >= 0.3 is 0 Å². The Morgan fingerprint density at radius 2 is 2.35 bits per heavy atom. The van der Waals surface area contributed by atoms with Crippen molar-refractivity contribution in [1.82, 2.24) is 14.9 Å². The molecule has 110 valence electrons. The van der Waals surface area contributed by atoms with Crippen LogP contribution < -0.4 is 5.32 Å². The minimum atomic E-state index is 0.0255. The molecule has 5 heteroatoms. The molecule has 1 unspecified atom stereocenters. The summed E-state index contributed by atoms with van der Waals surface area (Å²) in [6.07, 6.45) is 5.98. The van der Waals surface area contributed by atoms with Crippen molar-refractivity contribution in [3.8, 4) is 0 Å². The van der Waals surface area contributed by atoms with Crippen molar-refractivity contribution in [3.63, 3.8) is 0 Å². The molecule has 1 aliphatic heterocycles. The van der Waals surface area contributed by atoms with E-state index in [9.17, 15) is 4.79 Å². The number of piperidine rings is 1. The van der Waals surface area contributed by atoms with E-state index in [1.165, 1.54) is 12.7 Å². The summed E-state index contributed by atoms with van der Waals surface area (Å²) in [7, 11) is 0. The number of nitrogens with one attached hydrogen (secondary N) is 1. The molecule has 0 spiro atoms. The largest absolute Gasteiger partial charge is 0.370 e. The number of nitrogens with zero attached hydrogens (tertiary/aromatic N) is 3. The van der Waals surface area contributed by atoms with Gasteiger partial charge in [-0.05, 0) is 25.2 Å². The molecular weight excluding hydrogens is 252 g/mol. The molecule has 20 heavy (non-hydrogen) atoms. The molecule has 0 radical (unpaired) electrons. The number of carbonyl (C=O) groups excluding carboxylic acids is 1. The standard InChI is InChI=1S/C15H24N4O/c1-3-4-7-16-14-9-13(17-11-18-14)15(20)19-8-5-6-12(2)10-19/h9,11-12H,3-8,10H2,1-2H3,(H,16,17,18).